The molecule has 4 fully saturated rings. The van der Waals surface area contributed by atoms with Crippen molar-refractivity contribution in [3.05, 3.63) is 95.6 Å². The number of hydrogen-bond acceptors (Lipinski definition) is 13. The number of carboxylic acid groups (broad SMARTS) is 1. The number of aromatic nitrogens is 6. The minimum absolute atomic E-state index is 0.154. The Morgan fingerprint density at radius 2 is 1.19 bits per heavy atom. The number of anilines is 4. The Hall–Kier alpha value is -6.96. The Morgan fingerprint density at radius 1 is 0.667 bits per heavy atom. The summed E-state index contributed by atoms with van der Waals surface area (Å²) in [5.74, 6) is -1.85. The van der Waals surface area contributed by atoms with Gasteiger partial charge in [-0.3, -0.25) is 23.7 Å². The van der Waals surface area contributed by atoms with E-state index in [2.05, 4.69) is 116 Å². The monoisotopic (exact) mass is 1020 g/mol. The zero-order valence-corrected chi connectivity index (χ0v) is 44.5. The maximum atomic E-state index is 13.4. The third kappa shape index (κ3) is 13.7. The molecule has 19 heteroatoms. The van der Waals surface area contributed by atoms with E-state index in [0.29, 0.717) is 66.4 Å². The van der Waals surface area contributed by atoms with Gasteiger partial charge in [0.1, 0.15) is 11.6 Å². The van der Waals surface area contributed by atoms with E-state index < -0.39 is 23.7 Å². The summed E-state index contributed by atoms with van der Waals surface area (Å²) in [7, 11) is 4.37. The number of likely N-dealkylation sites (N-methyl/N-ethyl adjacent to an activating group) is 2. The van der Waals surface area contributed by atoms with Gasteiger partial charge in [0.2, 0.25) is 0 Å². The number of nitrogen functional groups attached to an aromatic ring is 2. The van der Waals surface area contributed by atoms with Crippen LogP contribution in [0, 0.1) is 11.8 Å². The first-order valence-electron chi connectivity index (χ1n) is 26.8. The van der Waals surface area contributed by atoms with E-state index in [9.17, 15) is 19.2 Å². The molecule has 0 spiro atoms. The molecule has 4 saturated heterocycles. The highest BCUT2D eigenvalue weighted by molar-refractivity contribution is 6.39. The fourth-order valence-corrected chi connectivity index (χ4v) is 10.9. The number of carbonyl (C=O) groups excluding carboxylic acids is 3. The fraction of sp³-hybridized carbons (Fsp3) is 0.500. The van der Waals surface area contributed by atoms with Crippen LogP contribution >= 0.6 is 0 Å². The van der Waals surface area contributed by atoms with Gasteiger partial charge < -0.3 is 47.2 Å². The summed E-state index contributed by atoms with van der Waals surface area (Å²) in [5.41, 5.74) is 18.4. The predicted octanol–water partition coefficient (Wildman–Crippen LogP) is 7.39. The van der Waals surface area contributed by atoms with E-state index in [0.717, 1.165) is 84.5 Å². The molecule has 0 aliphatic carbocycles. The summed E-state index contributed by atoms with van der Waals surface area (Å²) in [6.45, 7) is 14.5. The molecular weight excluding hydrogens is 949 g/mol. The van der Waals surface area contributed by atoms with Gasteiger partial charge in [-0.1, -0.05) is 39.8 Å². The molecule has 4 aromatic heterocycles. The zero-order valence-electron chi connectivity index (χ0n) is 44.5. The Balaban J connectivity index is 0.000000167. The summed E-state index contributed by atoms with van der Waals surface area (Å²) in [4.78, 5) is 62.0. The van der Waals surface area contributed by atoms with E-state index in [-0.39, 0.29) is 6.04 Å². The fourth-order valence-electron chi connectivity index (χ4n) is 10.9. The van der Waals surface area contributed by atoms with Gasteiger partial charge in [-0.05, 0) is 168 Å². The molecule has 0 saturated carbocycles. The van der Waals surface area contributed by atoms with Crippen LogP contribution in [0.25, 0.3) is 21.8 Å². The number of fused-ring (bicyclic) bond motifs is 2. The van der Waals surface area contributed by atoms with Crippen LogP contribution in [0.1, 0.15) is 125 Å². The number of aliphatic carboxylic acids is 1. The maximum Gasteiger partial charge on any atom is 0.394 e. The zero-order chi connectivity index (χ0) is 53.3. The first-order valence-corrected chi connectivity index (χ1v) is 26.8. The predicted molar refractivity (Wildman–Crippen MR) is 294 cm³/mol. The first-order chi connectivity index (χ1) is 36.0. The van der Waals surface area contributed by atoms with Crippen LogP contribution in [0.5, 0.6) is 0 Å². The summed E-state index contributed by atoms with van der Waals surface area (Å²) < 4.78 is 4.31. The normalized spacial score (nSPS) is 22.3. The molecule has 6 atom stereocenters. The lowest BCUT2D eigenvalue weighted by molar-refractivity contribution is -0.147. The van der Waals surface area contributed by atoms with Crippen LogP contribution in [0.2, 0.25) is 0 Å². The molecule has 6 aromatic rings. The highest BCUT2D eigenvalue weighted by atomic mass is 16.4. The molecule has 0 unspecified atom stereocenters. The molecule has 75 heavy (non-hydrogen) atoms. The van der Waals surface area contributed by atoms with Gasteiger partial charge in [0.15, 0.2) is 0 Å². The molecule has 2 aromatic carbocycles. The number of nitrogens with two attached hydrogens (primary N) is 2. The molecule has 8 N–H and O–H groups in total. The molecule has 0 bridgehead atoms. The first kappa shape index (κ1) is 54.3. The Labute approximate surface area is 439 Å². The minimum atomic E-state index is -1.54. The van der Waals surface area contributed by atoms with Gasteiger partial charge in [0.25, 0.3) is 0 Å². The minimum Gasteiger partial charge on any atom is -0.474 e. The number of piperidine rings is 4. The molecule has 10 rings (SSSR count). The average molecular weight is 1030 g/mol. The van der Waals surface area contributed by atoms with E-state index in [1.165, 1.54) is 62.0 Å². The van der Waals surface area contributed by atoms with E-state index in [1.54, 1.807) is 17.0 Å². The number of likely N-dealkylation sites (tertiary alicyclic amines) is 3. The summed E-state index contributed by atoms with van der Waals surface area (Å²) >= 11 is 0. The van der Waals surface area contributed by atoms with Crippen LogP contribution in [0.4, 0.5) is 23.0 Å². The summed E-state index contributed by atoms with van der Waals surface area (Å²) in [5, 5.41) is 29.0. The van der Waals surface area contributed by atoms with Gasteiger partial charge in [0, 0.05) is 48.8 Å². The van der Waals surface area contributed by atoms with Crippen molar-refractivity contribution in [1.29, 1.82) is 0 Å². The molecule has 8 heterocycles. The highest BCUT2D eigenvalue weighted by Gasteiger charge is 2.35. The van der Waals surface area contributed by atoms with Crippen molar-refractivity contribution in [3.8, 4) is 0 Å². The number of nitrogens with zero attached hydrogens (tertiary/aromatic N) is 9. The maximum absolute atomic E-state index is 13.4. The lowest BCUT2D eigenvalue weighted by Crippen LogP contribution is -2.46. The average Bonchev–Trinajstić information content (AvgIpc) is 4.05. The number of pyridine rings is 2. The standard InChI is InChI=1S/C28H37N7O2.C19H28N4.C9H11N3O3/c1-4-19-13-22(14-30-26(19)29)31-27(36)28(37)34-15-18(2)7-10-25(34)20-8-9-24-21(12-20)16-35(32-24)23-6-5-11-33(3)17-23;1-14-5-7-18(20-11-14)15-6-8-19-16(10-15)12-23(21-19)17-4-3-9-22(2)13-17;1-2-5-3-6(4-11-7(5)10)12-8(13)9(14)15/h8-9,12-14,16,18,23,25H,4-7,10-11,15,17H2,1-3H3,(H2,29,30)(H,31,36);6,8,10,12,14,17-18,20H,3-5,7,9,11,13H2,1-2H3;3-4H,2H2,1H3,(H2,10,11)(H,12,13)(H,14,15)/t18-,23-,25+;14-,17-,18+;/m00./s1. The Morgan fingerprint density at radius 3 is 1.69 bits per heavy atom. The molecular formula is C56H76N14O5. The molecule has 3 amide bonds. The Bertz CT molecular complexity index is 2960. The summed E-state index contributed by atoms with van der Waals surface area (Å²) in [6, 6.07) is 17.7. The number of hydrogen-bond donors (Lipinski definition) is 6. The lowest BCUT2D eigenvalue weighted by Gasteiger charge is -2.38. The van der Waals surface area contributed by atoms with Gasteiger partial charge in [-0.15, -0.1) is 0 Å². The molecule has 4 aliphatic rings. The van der Waals surface area contributed by atoms with E-state index >= 15 is 0 Å². The third-order valence-corrected chi connectivity index (χ3v) is 15.2. The van der Waals surface area contributed by atoms with Gasteiger partial charge >= 0.3 is 23.7 Å². The van der Waals surface area contributed by atoms with Crippen molar-refractivity contribution < 1.29 is 24.3 Å². The number of carboxylic acids is 1. The highest BCUT2D eigenvalue weighted by Crippen LogP contribution is 2.36. The molecule has 400 valence electrons. The number of benzene rings is 2. The van der Waals surface area contributed by atoms with Crippen molar-refractivity contribution in [1.82, 2.24) is 49.5 Å². The number of rotatable bonds is 8. The number of carbonyl (C=O) groups is 4. The van der Waals surface area contributed by atoms with Crippen molar-refractivity contribution in [3.63, 3.8) is 0 Å². The second-order valence-corrected chi connectivity index (χ2v) is 21.2. The van der Waals surface area contributed by atoms with Crippen molar-refractivity contribution >= 4 is 68.5 Å². The summed E-state index contributed by atoms with van der Waals surface area (Å²) in [6.07, 6.45) is 17.8. The molecule has 19 nitrogen and oxygen atoms in total. The molecule has 0 radical (unpaired) electrons. The smallest absolute Gasteiger partial charge is 0.394 e. The number of nitrogens with one attached hydrogen (secondary N) is 3. The van der Waals surface area contributed by atoms with E-state index in [4.69, 9.17) is 26.8 Å². The second-order valence-electron chi connectivity index (χ2n) is 21.2. The largest absolute Gasteiger partial charge is 0.474 e. The number of aryl methyl sites for hydroxylation is 2. The van der Waals surface area contributed by atoms with Crippen LogP contribution in [0.15, 0.2) is 73.3 Å². The van der Waals surface area contributed by atoms with Gasteiger partial charge in [-0.25, -0.2) is 14.8 Å². The quantitative estimate of drug-likeness (QED) is 0.0814. The topological polar surface area (TPSA) is 248 Å². The van der Waals surface area contributed by atoms with Crippen molar-refractivity contribution in [2.45, 2.75) is 116 Å². The third-order valence-electron chi connectivity index (χ3n) is 15.2. The Kier molecular flexibility index (Phi) is 17.8. The van der Waals surface area contributed by atoms with Crippen molar-refractivity contribution in [2.75, 3.05) is 75.5 Å². The number of amides is 3. The van der Waals surface area contributed by atoms with Crippen LogP contribution < -0.4 is 27.4 Å². The van der Waals surface area contributed by atoms with Gasteiger partial charge in [-0.2, -0.15) is 10.2 Å². The SMILES string of the molecule is CCc1cc(NC(=O)C(=O)N2C[C@@H](C)CC[C@@H]2c2ccc3nn([C@H]4CCCN(C)C4)cc3c2)cnc1N.CCc1cc(NC(=O)C(=O)O)cnc1N.C[C@H]1CC[C@H](c2ccc3nn([C@H]4CCCN(C)C4)cc3c2)NC1. The van der Waals surface area contributed by atoms with E-state index in [1.807, 2.05) is 19.9 Å². The lowest BCUT2D eigenvalue weighted by atomic mass is 9.89. The van der Waals surface area contributed by atoms with Crippen molar-refractivity contribution in [2.24, 2.45) is 11.8 Å². The molecule has 4 aliphatic heterocycles. The second kappa shape index (κ2) is 24.6. The van der Waals surface area contributed by atoms with Crippen LogP contribution in [-0.4, -0.2) is 126 Å². The van der Waals surface area contributed by atoms with Gasteiger partial charge in [0.05, 0.1) is 52.9 Å². The van der Waals surface area contributed by atoms with Crippen LogP contribution in [-0.2, 0) is 32.0 Å². The van der Waals surface area contributed by atoms with Crippen LogP contribution in [0.3, 0.4) is 0 Å².